The van der Waals surface area contributed by atoms with E-state index < -0.39 is 0 Å². The van der Waals surface area contributed by atoms with Gasteiger partial charge >= 0.3 is 0 Å². The molecule has 1 unspecified atom stereocenters. The third kappa shape index (κ3) is 5.52. The van der Waals surface area contributed by atoms with Crippen LogP contribution in [-0.4, -0.2) is 37.0 Å². The van der Waals surface area contributed by atoms with E-state index in [-0.39, 0.29) is 18.3 Å². The number of carbonyl (C=O) groups excluding carboxylic acids is 1. The number of rotatable bonds is 6. The van der Waals surface area contributed by atoms with E-state index in [1.54, 1.807) is 0 Å². The Morgan fingerprint density at radius 3 is 2.94 bits per heavy atom. The summed E-state index contributed by atoms with van der Waals surface area (Å²) in [5, 5.41) is 3.35. The predicted octanol–water partition coefficient (Wildman–Crippen LogP) is 1.97. The molecule has 16 heavy (non-hydrogen) atoms. The normalized spacial score (nSPS) is 18.9. The number of unbranched alkanes of at least 4 members (excludes halogenated alkanes) is 1. The average molecular weight is 247 g/mol. The molecule has 94 valence electrons. The molecule has 0 spiro atoms. The van der Waals surface area contributed by atoms with Gasteiger partial charge < -0.3 is 10.2 Å². The van der Waals surface area contributed by atoms with Crippen LogP contribution < -0.4 is 5.32 Å². The van der Waals surface area contributed by atoms with Crippen molar-refractivity contribution < 1.29 is 4.79 Å². The van der Waals surface area contributed by atoms with E-state index in [9.17, 15) is 4.79 Å². The van der Waals surface area contributed by atoms with Crippen LogP contribution in [0.1, 0.15) is 32.1 Å². The molecule has 1 fully saturated rings. The van der Waals surface area contributed by atoms with Crippen molar-refractivity contribution in [3.8, 4) is 0 Å². The highest BCUT2D eigenvalue weighted by atomic mass is 35.5. The zero-order valence-corrected chi connectivity index (χ0v) is 10.9. The van der Waals surface area contributed by atoms with Gasteiger partial charge in [0.05, 0.1) is 0 Å². The maximum Gasteiger partial charge on any atom is 0.223 e. The number of hydrogen-bond donors (Lipinski definition) is 1. The minimum atomic E-state index is 0. The maximum absolute atomic E-state index is 11.8. The first-order valence-corrected chi connectivity index (χ1v) is 5.82. The molecule has 0 aromatic rings. The second-order valence-corrected chi connectivity index (χ2v) is 4.24. The number of allylic oxidation sites excluding steroid dienone is 1. The Bertz CT molecular complexity index is 215. The standard InChI is InChI=1S/C12H22N2O.ClH/c1-3-4-5-9-14(2)12(15)10-11-7-6-8-13-11;/h3,11,13H,1,4-10H2,2H3;1H. The van der Waals surface area contributed by atoms with Crippen LogP contribution in [0.25, 0.3) is 0 Å². The van der Waals surface area contributed by atoms with E-state index in [1.807, 2.05) is 18.0 Å². The van der Waals surface area contributed by atoms with Gasteiger partial charge in [0.25, 0.3) is 0 Å². The van der Waals surface area contributed by atoms with Gasteiger partial charge in [-0.2, -0.15) is 0 Å². The molecular formula is C12H23ClN2O. The van der Waals surface area contributed by atoms with Crippen LogP contribution >= 0.6 is 12.4 Å². The summed E-state index contributed by atoms with van der Waals surface area (Å²) < 4.78 is 0. The molecule has 0 aromatic heterocycles. The Morgan fingerprint density at radius 1 is 1.62 bits per heavy atom. The lowest BCUT2D eigenvalue weighted by atomic mass is 10.1. The Balaban J connectivity index is 0.00000225. The lowest BCUT2D eigenvalue weighted by Crippen LogP contribution is -2.33. The van der Waals surface area contributed by atoms with Gasteiger partial charge in [-0.3, -0.25) is 4.79 Å². The summed E-state index contributed by atoms with van der Waals surface area (Å²) in [7, 11) is 1.89. The van der Waals surface area contributed by atoms with Crippen molar-refractivity contribution in [2.24, 2.45) is 0 Å². The van der Waals surface area contributed by atoms with Gasteiger partial charge in [0.2, 0.25) is 5.91 Å². The molecule has 0 saturated carbocycles. The number of nitrogens with zero attached hydrogens (tertiary/aromatic N) is 1. The molecule has 0 radical (unpaired) electrons. The summed E-state index contributed by atoms with van der Waals surface area (Å²) in [6.07, 6.45) is 6.91. The summed E-state index contributed by atoms with van der Waals surface area (Å²) in [5.74, 6) is 0.262. The molecule has 1 heterocycles. The van der Waals surface area contributed by atoms with Gasteiger partial charge in [0.15, 0.2) is 0 Å². The van der Waals surface area contributed by atoms with Crippen molar-refractivity contribution in [1.82, 2.24) is 10.2 Å². The smallest absolute Gasteiger partial charge is 0.223 e. The minimum Gasteiger partial charge on any atom is -0.346 e. The lowest BCUT2D eigenvalue weighted by Gasteiger charge is -2.19. The van der Waals surface area contributed by atoms with Crippen LogP contribution in [0.3, 0.4) is 0 Å². The number of carbonyl (C=O) groups is 1. The van der Waals surface area contributed by atoms with Crippen molar-refractivity contribution in [1.29, 1.82) is 0 Å². The first-order valence-electron chi connectivity index (χ1n) is 5.82. The maximum atomic E-state index is 11.8. The Morgan fingerprint density at radius 2 is 2.38 bits per heavy atom. The molecule has 3 nitrogen and oxygen atoms in total. The topological polar surface area (TPSA) is 32.3 Å². The Kier molecular flexibility index (Phi) is 8.30. The van der Waals surface area contributed by atoms with Crippen LogP contribution in [0.5, 0.6) is 0 Å². The van der Waals surface area contributed by atoms with Crippen molar-refractivity contribution in [2.45, 2.75) is 38.1 Å². The molecule has 1 N–H and O–H groups in total. The van der Waals surface area contributed by atoms with Crippen LogP contribution in [-0.2, 0) is 4.79 Å². The molecule has 0 aromatic carbocycles. The molecule has 4 heteroatoms. The van der Waals surface area contributed by atoms with Gasteiger partial charge in [-0.25, -0.2) is 0 Å². The first kappa shape index (κ1) is 15.5. The summed E-state index contributed by atoms with van der Waals surface area (Å²) in [6, 6.07) is 0.416. The fourth-order valence-electron chi connectivity index (χ4n) is 1.90. The van der Waals surface area contributed by atoms with E-state index >= 15 is 0 Å². The van der Waals surface area contributed by atoms with Crippen LogP contribution in [0.4, 0.5) is 0 Å². The molecule has 1 aliphatic rings. The molecule has 1 rings (SSSR count). The quantitative estimate of drug-likeness (QED) is 0.574. The third-order valence-electron chi connectivity index (χ3n) is 2.91. The molecule has 1 saturated heterocycles. The van der Waals surface area contributed by atoms with Crippen molar-refractivity contribution in [3.63, 3.8) is 0 Å². The Labute approximate surface area is 105 Å². The third-order valence-corrected chi connectivity index (χ3v) is 2.91. The van der Waals surface area contributed by atoms with Crippen molar-refractivity contribution in [3.05, 3.63) is 12.7 Å². The summed E-state index contributed by atoms with van der Waals surface area (Å²) >= 11 is 0. The zero-order chi connectivity index (χ0) is 11.1. The molecule has 0 aliphatic carbocycles. The number of halogens is 1. The van der Waals surface area contributed by atoms with Gasteiger partial charge in [0.1, 0.15) is 0 Å². The van der Waals surface area contributed by atoms with Gasteiger partial charge in [-0.1, -0.05) is 6.08 Å². The van der Waals surface area contributed by atoms with Gasteiger partial charge in [0, 0.05) is 26.1 Å². The SMILES string of the molecule is C=CCCCN(C)C(=O)CC1CCCN1.Cl. The van der Waals surface area contributed by atoms with Crippen LogP contribution in [0, 0.1) is 0 Å². The fraction of sp³-hybridized carbons (Fsp3) is 0.750. The van der Waals surface area contributed by atoms with E-state index in [0.29, 0.717) is 12.5 Å². The van der Waals surface area contributed by atoms with Crippen LogP contribution in [0.2, 0.25) is 0 Å². The summed E-state index contributed by atoms with van der Waals surface area (Å²) in [5.41, 5.74) is 0. The summed E-state index contributed by atoms with van der Waals surface area (Å²) in [6.45, 7) is 5.58. The number of nitrogens with one attached hydrogen (secondary N) is 1. The Hall–Kier alpha value is -0.540. The first-order chi connectivity index (χ1) is 7.24. The largest absolute Gasteiger partial charge is 0.346 e. The molecule has 1 atom stereocenters. The highest BCUT2D eigenvalue weighted by Crippen LogP contribution is 2.10. The minimum absolute atomic E-state index is 0. The highest BCUT2D eigenvalue weighted by Gasteiger charge is 2.19. The van der Waals surface area contributed by atoms with E-state index in [0.717, 1.165) is 32.4 Å². The number of amides is 1. The monoisotopic (exact) mass is 246 g/mol. The average Bonchev–Trinajstić information content (AvgIpc) is 2.70. The molecular weight excluding hydrogens is 224 g/mol. The van der Waals surface area contributed by atoms with Gasteiger partial charge in [-0.05, 0) is 32.2 Å². The summed E-state index contributed by atoms with van der Waals surface area (Å²) in [4.78, 5) is 13.6. The van der Waals surface area contributed by atoms with Crippen molar-refractivity contribution in [2.75, 3.05) is 20.1 Å². The van der Waals surface area contributed by atoms with Gasteiger partial charge in [-0.15, -0.1) is 19.0 Å². The predicted molar refractivity (Wildman–Crippen MR) is 70.0 cm³/mol. The highest BCUT2D eigenvalue weighted by molar-refractivity contribution is 5.85. The van der Waals surface area contributed by atoms with Crippen molar-refractivity contribution >= 4 is 18.3 Å². The number of hydrogen-bond acceptors (Lipinski definition) is 2. The molecule has 0 bridgehead atoms. The van der Waals surface area contributed by atoms with E-state index in [1.165, 1.54) is 6.42 Å². The molecule has 1 aliphatic heterocycles. The lowest BCUT2D eigenvalue weighted by molar-refractivity contribution is -0.130. The molecule has 1 amide bonds. The van der Waals surface area contributed by atoms with Crippen LogP contribution in [0.15, 0.2) is 12.7 Å². The van der Waals surface area contributed by atoms with E-state index in [2.05, 4.69) is 11.9 Å². The van der Waals surface area contributed by atoms with E-state index in [4.69, 9.17) is 0 Å². The second-order valence-electron chi connectivity index (χ2n) is 4.24. The zero-order valence-electron chi connectivity index (χ0n) is 10.1. The second kappa shape index (κ2) is 8.59. The fourth-order valence-corrected chi connectivity index (χ4v) is 1.90.